The van der Waals surface area contributed by atoms with Crippen LogP contribution in [0.5, 0.6) is 0 Å². The van der Waals surface area contributed by atoms with Crippen molar-refractivity contribution in [1.29, 1.82) is 0 Å². The van der Waals surface area contributed by atoms with Crippen LogP contribution in [0.2, 0.25) is 0 Å². The summed E-state index contributed by atoms with van der Waals surface area (Å²) in [6, 6.07) is 0. The van der Waals surface area contributed by atoms with E-state index in [1.165, 1.54) is 38.5 Å². The maximum absolute atomic E-state index is 11.4. The summed E-state index contributed by atoms with van der Waals surface area (Å²) in [6.45, 7) is 2.05. The number of rotatable bonds is 5. The molecule has 0 atom stereocenters. The minimum atomic E-state index is -0.681. The normalized spacial score (nSPS) is 20.1. The van der Waals surface area contributed by atoms with Gasteiger partial charge >= 0.3 is 0 Å². The lowest BCUT2D eigenvalue weighted by Gasteiger charge is -2.31. The van der Waals surface area contributed by atoms with Gasteiger partial charge in [0.1, 0.15) is 12.6 Å². The number of carbonyl (C=O) groups excluding carboxylic acids is 2. The zero-order chi connectivity index (χ0) is 12.6. The fourth-order valence-corrected chi connectivity index (χ4v) is 3.15. The average Bonchev–Trinajstić information content (AvgIpc) is 2.50. The van der Waals surface area contributed by atoms with Gasteiger partial charge in [0.25, 0.3) is 0 Å². The van der Waals surface area contributed by atoms with E-state index in [9.17, 15) is 9.59 Å². The molecule has 1 aliphatic rings. The molecule has 0 aromatic heterocycles. The summed E-state index contributed by atoms with van der Waals surface area (Å²) in [7, 11) is 0. The lowest BCUT2D eigenvalue weighted by atomic mass is 9.70. The molecule has 2 heteroatoms. The highest BCUT2D eigenvalue weighted by Crippen LogP contribution is 2.37. The van der Waals surface area contributed by atoms with Crippen LogP contribution in [0.15, 0.2) is 0 Å². The first-order valence-electron chi connectivity index (χ1n) is 7.21. The molecule has 0 heterocycles. The highest BCUT2D eigenvalue weighted by molar-refractivity contribution is 5.84. The molecule has 0 saturated heterocycles. The number of hydrogen-bond donors (Lipinski definition) is 0. The summed E-state index contributed by atoms with van der Waals surface area (Å²) in [5.74, 6) is 0.288. The number of carbonyl (C=O) groups is 2. The van der Waals surface area contributed by atoms with Crippen molar-refractivity contribution < 1.29 is 9.59 Å². The van der Waals surface area contributed by atoms with Gasteiger partial charge in [0, 0.05) is 0 Å². The van der Waals surface area contributed by atoms with Crippen molar-refractivity contribution in [1.82, 2.24) is 0 Å². The molecule has 98 valence electrons. The number of hydrogen-bond acceptors (Lipinski definition) is 2. The van der Waals surface area contributed by atoms with Crippen LogP contribution in [-0.4, -0.2) is 12.6 Å². The summed E-state index contributed by atoms with van der Waals surface area (Å²) in [5.41, 5.74) is -0.681. The highest BCUT2D eigenvalue weighted by Gasteiger charge is 2.37. The fourth-order valence-electron chi connectivity index (χ4n) is 3.15. The van der Waals surface area contributed by atoms with E-state index in [2.05, 4.69) is 6.92 Å². The Hall–Kier alpha value is -0.660. The van der Waals surface area contributed by atoms with E-state index < -0.39 is 5.41 Å². The van der Waals surface area contributed by atoms with Crippen LogP contribution in [0.4, 0.5) is 0 Å². The lowest BCUT2D eigenvalue weighted by Crippen LogP contribution is -2.34. The molecule has 2 nitrogen and oxygen atoms in total. The van der Waals surface area contributed by atoms with Crippen LogP contribution >= 0.6 is 0 Å². The van der Waals surface area contributed by atoms with E-state index in [1.807, 2.05) is 0 Å². The van der Waals surface area contributed by atoms with Gasteiger partial charge in [-0.2, -0.15) is 0 Å². The van der Waals surface area contributed by atoms with Crippen LogP contribution in [0.3, 0.4) is 0 Å². The molecular weight excluding hydrogens is 212 g/mol. The van der Waals surface area contributed by atoms with Crippen molar-refractivity contribution in [3.05, 3.63) is 0 Å². The van der Waals surface area contributed by atoms with Crippen LogP contribution in [0, 0.1) is 11.3 Å². The molecule has 17 heavy (non-hydrogen) atoms. The van der Waals surface area contributed by atoms with Gasteiger partial charge in [-0.05, 0) is 25.2 Å². The first-order valence-corrected chi connectivity index (χ1v) is 7.21. The van der Waals surface area contributed by atoms with E-state index in [0.717, 1.165) is 38.3 Å². The summed E-state index contributed by atoms with van der Waals surface area (Å²) in [5, 5.41) is 0. The van der Waals surface area contributed by atoms with E-state index in [0.29, 0.717) is 0 Å². The molecule has 0 N–H and O–H groups in total. The maximum Gasteiger partial charge on any atom is 0.133 e. The van der Waals surface area contributed by atoms with Gasteiger partial charge in [0.15, 0.2) is 0 Å². The third-order valence-corrected chi connectivity index (χ3v) is 4.24. The molecule has 0 unspecified atom stereocenters. The van der Waals surface area contributed by atoms with Gasteiger partial charge in [-0.15, -0.1) is 0 Å². The van der Waals surface area contributed by atoms with Crippen LogP contribution in [-0.2, 0) is 9.59 Å². The molecule has 0 bridgehead atoms. The summed E-state index contributed by atoms with van der Waals surface area (Å²) >= 11 is 0. The Bertz CT molecular complexity index is 217. The Morgan fingerprint density at radius 3 is 1.82 bits per heavy atom. The Balaban J connectivity index is 2.74. The molecule has 1 rings (SSSR count). The van der Waals surface area contributed by atoms with Crippen LogP contribution in [0.25, 0.3) is 0 Å². The van der Waals surface area contributed by atoms with Crippen molar-refractivity contribution in [3.63, 3.8) is 0 Å². The van der Waals surface area contributed by atoms with Gasteiger partial charge in [0.2, 0.25) is 0 Å². The predicted molar refractivity (Wildman–Crippen MR) is 69.9 cm³/mol. The van der Waals surface area contributed by atoms with E-state index in [-0.39, 0.29) is 5.92 Å². The molecule has 0 amide bonds. The fraction of sp³-hybridized carbons (Fsp3) is 0.867. The van der Waals surface area contributed by atoms with Crippen molar-refractivity contribution in [2.24, 2.45) is 11.3 Å². The van der Waals surface area contributed by atoms with Crippen molar-refractivity contribution in [2.75, 3.05) is 0 Å². The molecule has 1 saturated carbocycles. The molecule has 1 aliphatic carbocycles. The predicted octanol–water partition coefficient (Wildman–Crippen LogP) is 3.92. The average molecular weight is 238 g/mol. The first kappa shape index (κ1) is 14.4. The highest BCUT2D eigenvalue weighted by atomic mass is 16.1. The standard InChI is InChI=1S/C15H26O2/c1-2-11-15(12-16,13-17)14-9-7-5-3-4-6-8-10-14/h12-14H,2-11H2,1H3. The molecule has 0 spiro atoms. The van der Waals surface area contributed by atoms with Gasteiger partial charge in [-0.1, -0.05) is 51.9 Å². The molecule has 0 aliphatic heterocycles. The van der Waals surface area contributed by atoms with Gasteiger partial charge < -0.3 is 9.59 Å². The SMILES string of the molecule is CCCC(C=O)(C=O)C1CCCCCCCC1. The van der Waals surface area contributed by atoms with Gasteiger partial charge in [-0.3, -0.25) is 0 Å². The molecule has 0 radical (unpaired) electrons. The largest absolute Gasteiger partial charge is 0.302 e. The van der Waals surface area contributed by atoms with Gasteiger partial charge in [0.05, 0.1) is 5.41 Å². The Morgan fingerprint density at radius 2 is 1.41 bits per heavy atom. The smallest absolute Gasteiger partial charge is 0.133 e. The zero-order valence-corrected chi connectivity index (χ0v) is 11.1. The van der Waals surface area contributed by atoms with Gasteiger partial charge in [-0.25, -0.2) is 0 Å². The molecule has 0 aromatic carbocycles. The number of aldehydes is 2. The van der Waals surface area contributed by atoms with Crippen molar-refractivity contribution in [3.8, 4) is 0 Å². The topological polar surface area (TPSA) is 34.1 Å². The minimum absolute atomic E-state index is 0.288. The Morgan fingerprint density at radius 1 is 0.941 bits per heavy atom. The van der Waals surface area contributed by atoms with Crippen molar-refractivity contribution in [2.45, 2.75) is 71.1 Å². The third kappa shape index (κ3) is 3.93. The minimum Gasteiger partial charge on any atom is -0.302 e. The van der Waals surface area contributed by atoms with Crippen molar-refractivity contribution >= 4 is 12.6 Å². The van der Waals surface area contributed by atoms with E-state index in [4.69, 9.17) is 0 Å². The first-order chi connectivity index (χ1) is 8.29. The molecular formula is C15H26O2. The molecule has 0 aromatic rings. The van der Waals surface area contributed by atoms with Crippen LogP contribution in [0.1, 0.15) is 71.1 Å². The van der Waals surface area contributed by atoms with Crippen LogP contribution < -0.4 is 0 Å². The van der Waals surface area contributed by atoms with E-state index >= 15 is 0 Å². The summed E-state index contributed by atoms with van der Waals surface area (Å²) < 4.78 is 0. The quantitative estimate of drug-likeness (QED) is 0.537. The lowest BCUT2D eigenvalue weighted by molar-refractivity contribution is -0.130. The molecule has 1 fully saturated rings. The third-order valence-electron chi connectivity index (χ3n) is 4.24. The summed E-state index contributed by atoms with van der Waals surface area (Å²) in [4.78, 5) is 22.8. The summed E-state index contributed by atoms with van der Waals surface area (Å²) in [6.07, 6.45) is 13.1. The zero-order valence-electron chi connectivity index (χ0n) is 11.1. The second-order valence-corrected chi connectivity index (χ2v) is 5.49. The Kier molecular flexibility index (Phi) is 6.46. The second-order valence-electron chi connectivity index (χ2n) is 5.49. The Labute approximate surface area is 105 Å². The maximum atomic E-state index is 11.4. The second kappa shape index (κ2) is 7.62. The van der Waals surface area contributed by atoms with E-state index in [1.54, 1.807) is 0 Å². The monoisotopic (exact) mass is 238 g/mol.